The van der Waals surface area contributed by atoms with Gasteiger partial charge in [0.15, 0.2) is 0 Å². The van der Waals surface area contributed by atoms with E-state index in [1.807, 2.05) is 7.11 Å². The molecule has 0 aromatic rings. The summed E-state index contributed by atoms with van der Waals surface area (Å²) in [6.45, 7) is 11.6. The molecule has 0 aromatic heterocycles. The monoisotopic (exact) mass is 282 g/mol. The molecule has 0 bridgehead atoms. The Morgan fingerprint density at radius 2 is 2.00 bits per heavy atom. The van der Waals surface area contributed by atoms with Crippen molar-refractivity contribution in [3.8, 4) is 0 Å². The van der Waals surface area contributed by atoms with Gasteiger partial charge >= 0.3 is 0 Å². The van der Waals surface area contributed by atoms with Gasteiger partial charge in [-0.15, -0.1) is 0 Å². The van der Waals surface area contributed by atoms with Crippen molar-refractivity contribution in [2.75, 3.05) is 33.4 Å². The standard InChI is InChI=1S/C17H34N2O/c1-5-15-12-18-17(8-6-7-9-17)14-19(15)13-16(2,3)10-11-20-4/h15,18H,5-14H2,1-4H3. The summed E-state index contributed by atoms with van der Waals surface area (Å²) in [5, 5.41) is 3.89. The molecule has 20 heavy (non-hydrogen) atoms. The van der Waals surface area contributed by atoms with Crippen molar-refractivity contribution in [2.24, 2.45) is 5.41 Å². The van der Waals surface area contributed by atoms with Crippen molar-refractivity contribution >= 4 is 0 Å². The molecule has 3 heteroatoms. The first-order valence-corrected chi connectivity index (χ1v) is 8.48. The normalized spacial score (nSPS) is 27.3. The molecule has 1 N–H and O–H groups in total. The van der Waals surface area contributed by atoms with Crippen LogP contribution in [0.1, 0.15) is 59.3 Å². The largest absolute Gasteiger partial charge is 0.385 e. The minimum absolute atomic E-state index is 0.348. The van der Waals surface area contributed by atoms with Crippen molar-refractivity contribution in [3.63, 3.8) is 0 Å². The van der Waals surface area contributed by atoms with Crippen LogP contribution in [-0.2, 0) is 4.74 Å². The summed E-state index contributed by atoms with van der Waals surface area (Å²) in [7, 11) is 1.81. The van der Waals surface area contributed by atoms with Gasteiger partial charge < -0.3 is 10.1 Å². The van der Waals surface area contributed by atoms with E-state index in [0.29, 0.717) is 17.0 Å². The number of hydrogen-bond donors (Lipinski definition) is 1. The topological polar surface area (TPSA) is 24.5 Å². The Labute approximate surface area is 125 Å². The molecule has 1 atom stereocenters. The molecule has 0 aromatic carbocycles. The Bertz CT molecular complexity index is 297. The van der Waals surface area contributed by atoms with Gasteiger partial charge in [0.05, 0.1) is 0 Å². The fraction of sp³-hybridized carbons (Fsp3) is 1.00. The fourth-order valence-corrected chi connectivity index (χ4v) is 4.02. The second-order valence-corrected chi connectivity index (χ2v) is 7.74. The Kier molecular flexibility index (Phi) is 5.49. The van der Waals surface area contributed by atoms with E-state index >= 15 is 0 Å². The summed E-state index contributed by atoms with van der Waals surface area (Å²) in [6.07, 6.45) is 7.96. The molecule has 1 heterocycles. The molecule has 3 nitrogen and oxygen atoms in total. The minimum Gasteiger partial charge on any atom is -0.385 e. The van der Waals surface area contributed by atoms with E-state index in [2.05, 4.69) is 31.0 Å². The highest BCUT2D eigenvalue weighted by atomic mass is 16.5. The Morgan fingerprint density at radius 1 is 1.30 bits per heavy atom. The molecule has 1 unspecified atom stereocenters. The van der Waals surface area contributed by atoms with Crippen LogP contribution >= 0.6 is 0 Å². The molecule has 118 valence electrons. The third kappa shape index (κ3) is 3.96. The third-order valence-corrected chi connectivity index (χ3v) is 5.38. The van der Waals surface area contributed by atoms with Crippen LogP contribution in [0.4, 0.5) is 0 Å². The molecule has 1 saturated heterocycles. The SMILES string of the molecule is CCC1CNC2(CCCC2)CN1CC(C)(C)CCOC. The van der Waals surface area contributed by atoms with Gasteiger partial charge in [0.25, 0.3) is 0 Å². The van der Waals surface area contributed by atoms with Gasteiger partial charge in [0.1, 0.15) is 0 Å². The molecule has 0 amide bonds. The van der Waals surface area contributed by atoms with Crippen LogP contribution in [0.3, 0.4) is 0 Å². The Balaban J connectivity index is 1.98. The Hall–Kier alpha value is -0.120. The molecule has 1 aliphatic carbocycles. The average Bonchev–Trinajstić information content (AvgIpc) is 2.85. The van der Waals surface area contributed by atoms with Gasteiger partial charge in [-0.1, -0.05) is 33.6 Å². The van der Waals surface area contributed by atoms with E-state index in [1.165, 1.54) is 51.7 Å². The summed E-state index contributed by atoms with van der Waals surface area (Å²) in [5.74, 6) is 0. The number of nitrogens with one attached hydrogen (secondary N) is 1. The summed E-state index contributed by atoms with van der Waals surface area (Å²) in [5.41, 5.74) is 0.781. The van der Waals surface area contributed by atoms with E-state index < -0.39 is 0 Å². The zero-order chi connectivity index (χ0) is 14.6. The summed E-state index contributed by atoms with van der Waals surface area (Å²) in [6, 6.07) is 0.711. The van der Waals surface area contributed by atoms with Crippen molar-refractivity contribution in [1.82, 2.24) is 10.2 Å². The molecule has 1 spiro atoms. The lowest BCUT2D eigenvalue weighted by atomic mass is 9.85. The van der Waals surface area contributed by atoms with Gasteiger partial charge in [-0.3, -0.25) is 4.90 Å². The van der Waals surface area contributed by atoms with E-state index in [4.69, 9.17) is 4.74 Å². The van der Waals surface area contributed by atoms with Crippen molar-refractivity contribution in [3.05, 3.63) is 0 Å². The minimum atomic E-state index is 0.348. The number of piperazine rings is 1. The number of nitrogens with zero attached hydrogens (tertiary/aromatic N) is 1. The van der Waals surface area contributed by atoms with Crippen LogP contribution in [0.2, 0.25) is 0 Å². The molecule has 2 fully saturated rings. The lowest BCUT2D eigenvalue weighted by Gasteiger charge is -2.48. The maximum Gasteiger partial charge on any atom is 0.0467 e. The maximum absolute atomic E-state index is 5.28. The predicted molar refractivity (Wildman–Crippen MR) is 85.1 cm³/mol. The van der Waals surface area contributed by atoms with Gasteiger partial charge in [-0.2, -0.15) is 0 Å². The number of methoxy groups -OCH3 is 1. The first kappa shape index (κ1) is 16.3. The summed E-state index contributed by atoms with van der Waals surface area (Å²) in [4.78, 5) is 2.78. The molecule has 1 saturated carbocycles. The first-order chi connectivity index (χ1) is 9.50. The lowest BCUT2D eigenvalue weighted by molar-refractivity contribution is 0.0357. The van der Waals surface area contributed by atoms with Crippen LogP contribution in [-0.4, -0.2) is 49.8 Å². The fourth-order valence-electron chi connectivity index (χ4n) is 4.02. The predicted octanol–water partition coefficient (Wildman–Crippen LogP) is 3.05. The second kappa shape index (κ2) is 6.76. The highest BCUT2D eigenvalue weighted by molar-refractivity contribution is 5.01. The zero-order valence-electron chi connectivity index (χ0n) is 14.0. The maximum atomic E-state index is 5.28. The summed E-state index contributed by atoms with van der Waals surface area (Å²) < 4.78 is 5.28. The Morgan fingerprint density at radius 3 is 2.60 bits per heavy atom. The van der Waals surface area contributed by atoms with Crippen molar-refractivity contribution in [1.29, 1.82) is 0 Å². The van der Waals surface area contributed by atoms with Crippen LogP contribution < -0.4 is 5.32 Å². The lowest BCUT2D eigenvalue weighted by Crippen LogP contribution is -2.64. The first-order valence-electron chi connectivity index (χ1n) is 8.48. The smallest absolute Gasteiger partial charge is 0.0467 e. The molecule has 1 aliphatic heterocycles. The van der Waals surface area contributed by atoms with E-state index in [0.717, 1.165) is 13.0 Å². The van der Waals surface area contributed by atoms with Crippen molar-refractivity contribution < 1.29 is 4.74 Å². The van der Waals surface area contributed by atoms with Gasteiger partial charge in [0.2, 0.25) is 0 Å². The molecule has 0 radical (unpaired) electrons. The number of ether oxygens (including phenoxy) is 1. The molecule has 2 aliphatic rings. The second-order valence-electron chi connectivity index (χ2n) is 7.74. The van der Waals surface area contributed by atoms with E-state index in [1.54, 1.807) is 0 Å². The van der Waals surface area contributed by atoms with Crippen LogP contribution in [0.25, 0.3) is 0 Å². The van der Waals surface area contributed by atoms with Crippen LogP contribution in [0.15, 0.2) is 0 Å². The zero-order valence-corrected chi connectivity index (χ0v) is 14.0. The highest BCUT2D eigenvalue weighted by Crippen LogP contribution is 2.35. The summed E-state index contributed by atoms with van der Waals surface area (Å²) >= 11 is 0. The third-order valence-electron chi connectivity index (χ3n) is 5.38. The van der Waals surface area contributed by atoms with Crippen LogP contribution in [0, 0.1) is 5.41 Å². The van der Waals surface area contributed by atoms with Crippen LogP contribution in [0.5, 0.6) is 0 Å². The quantitative estimate of drug-likeness (QED) is 0.810. The van der Waals surface area contributed by atoms with E-state index in [-0.39, 0.29) is 0 Å². The number of hydrogen-bond acceptors (Lipinski definition) is 3. The van der Waals surface area contributed by atoms with Gasteiger partial charge in [-0.25, -0.2) is 0 Å². The van der Waals surface area contributed by atoms with Crippen molar-refractivity contribution in [2.45, 2.75) is 70.9 Å². The highest BCUT2D eigenvalue weighted by Gasteiger charge is 2.41. The van der Waals surface area contributed by atoms with Gasteiger partial charge in [0, 0.05) is 44.9 Å². The molecular weight excluding hydrogens is 248 g/mol. The molecular formula is C17H34N2O. The van der Waals surface area contributed by atoms with E-state index in [9.17, 15) is 0 Å². The molecule has 2 rings (SSSR count). The van der Waals surface area contributed by atoms with Gasteiger partial charge in [-0.05, 0) is 31.1 Å². The number of rotatable bonds is 6. The average molecular weight is 282 g/mol.